The summed E-state index contributed by atoms with van der Waals surface area (Å²) in [7, 11) is 0. The lowest BCUT2D eigenvalue weighted by molar-refractivity contribution is 0.180. The van der Waals surface area contributed by atoms with Gasteiger partial charge in [0.05, 0.1) is 0 Å². The quantitative estimate of drug-likeness (QED) is 0.757. The van der Waals surface area contributed by atoms with Crippen LogP contribution in [0.15, 0.2) is 24.3 Å². The molecule has 0 radical (unpaired) electrons. The van der Waals surface area contributed by atoms with E-state index in [-0.39, 0.29) is 0 Å². The zero-order chi connectivity index (χ0) is 13.5. The van der Waals surface area contributed by atoms with Gasteiger partial charge in [-0.2, -0.15) is 0 Å². The summed E-state index contributed by atoms with van der Waals surface area (Å²) in [6.45, 7) is 9.29. The molecule has 1 unspecified atom stereocenters. The summed E-state index contributed by atoms with van der Waals surface area (Å²) in [5.41, 5.74) is 3.08. The Balaban J connectivity index is 1.74. The Bertz CT molecular complexity index is 375. The van der Waals surface area contributed by atoms with Crippen LogP contribution in [0, 0.1) is 0 Å². The number of fused-ring (bicyclic) bond motifs is 1. The predicted octanol–water partition coefficient (Wildman–Crippen LogP) is 3.21. The molecular weight excluding hydrogens is 232 g/mol. The Labute approximate surface area is 118 Å². The van der Waals surface area contributed by atoms with Gasteiger partial charge in [-0.05, 0) is 56.8 Å². The van der Waals surface area contributed by atoms with Gasteiger partial charge in [0.2, 0.25) is 0 Å². The number of hydrogen-bond acceptors (Lipinski definition) is 2. The summed E-state index contributed by atoms with van der Waals surface area (Å²) in [6.07, 6.45) is 5.05. The first-order valence-corrected chi connectivity index (χ1v) is 7.82. The molecule has 1 aromatic rings. The van der Waals surface area contributed by atoms with E-state index in [4.69, 9.17) is 0 Å². The fourth-order valence-corrected chi connectivity index (χ4v) is 2.90. The minimum atomic E-state index is 0.705. The lowest BCUT2D eigenvalue weighted by Crippen LogP contribution is -2.37. The minimum Gasteiger partial charge on any atom is -0.317 e. The van der Waals surface area contributed by atoms with Crippen molar-refractivity contribution in [2.75, 3.05) is 19.6 Å². The van der Waals surface area contributed by atoms with Gasteiger partial charge in [0, 0.05) is 19.1 Å². The SMILES string of the molecule is CCCNCCCC(C)N1CCc2ccccc2C1. The maximum Gasteiger partial charge on any atom is 0.0239 e. The van der Waals surface area contributed by atoms with Gasteiger partial charge in [0.15, 0.2) is 0 Å². The Morgan fingerprint density at radius 3 is 2.79 bits per heavy atom. The molecule has 1 N–H and O–H groups in total. The third-order valence-corrected chi connectivity index (χ3v) is 4.19. The van der Waals surface area contributed by atoms with Crippen molar-refractivity contribution in [3.05, 3.63) is 35.4 Å². The summed E-state index contributed by atoms with van der Waals surface area (Å²) >= 11 is 0. The molecule has 106 valence electrons. The van der Waals surface area contributed by atoms with E-state index in [9.17, 15) is 0 Å². The van der Waals surface area contributed by atoms with Crippen LogP contribution in [0.3, 0.4) is 0 Å². The Kier molecular flexibility index (Phi) is 5.87. The molecule has 1 aromatic carbocycles. The van der Waals surface area contributed by atoms with Crippen LogP contribution in [0.1, 0.15) is 44.2 Å². The summed E-state index contributed by atoms with van der Waals surface area (Å²) in [4.78, 5) is 2.64. The average Bonchev–Trinajstić information content (AvgIpc) is 2.46. The number of hydrogen-bond donors (Lipinski definition) is 1. The monoisotopic (exact) mass is 260 g/mol. The molecular formula is C17H28N2. The minimum absolute atomic E-state index is 0.705. The molecule has 19 heavy (non-hydrogen) atoms. The number of benzene rings is 1. The zero-order valence-electron chi connectivity index (χ0n) is 12.5. The molecule has 1 aliphatic rings. The number of rotatable bonds is 7. The van der Waals surface area contributed by atoms with Gasteiger partial charge >= 0.3 is 0 Å². The van der Waals surface area contributed by atoms with Crippen LogP contribution >= 0.6 is 0 Å². The van der Waals surface area contributed by atoms with E-state index >= 15 is 0 Å². The highest BCUT2D eigenvalue weighted by molar-refractivity contribution is 5.29. The maximum absolute atomic E-state index is 3.49. The molecule has 0 aromatic heterocycles. The van der Waals surface area contributed by atoms with E-state index in [1.54, 1.807) is 5.56 Å². The summed E-state index contributed by atoms with van der Waals surface area (Å²) in [5.74, 6) is 0. The normalized spacial score (nSPS) is 17.2. The van der Waals surface area contributed by atoms with Crippen molar-refractivity contribution in [1.29, 1.82) is 0 Å². The smallest absolute Gasteiger partial charge is 0.0239 e. The molecule has 2 heteroatoms. The molecule has 1 aliphatic heterocycles. The first-order valence-electron chi connectivity index (χ1n) is 7.82. The molecule has 0 bridgehead atoms. The van der Waals surface area contributed by atoms with E-state index in [1.807, 2.05) is 0 Å². The van der Waals surface area contributed by atoms with Gasteiger partial charge in [-0.3, -0.25) is 4.90 Å². The van der Waals surface area contributed by atoms with Crippen molar-refractivity contribution in [3.8, 4) is 0 Å². The fraction of sp³-hybridized carbons (Fsp3) is 0.647. The van der Waals surface area contributed by atoms with Crippen molar-refractivity contribution in [3.63, 3.8) is 0 Å². The lowest BCUT2D eigenvalue weighted by Gasteiger charge is -2.33. The van der Waals surface area contributed by atoms with E-state index in [1.165, 1.54) is 44.3 Å². The molecule has 0 amide bonds. The fourth-order valence-electron chi connectivity index (χ4n) is 2.90. The lowest BCUT2D eigenvalue weighted by atomic mass is 9.98. The highest BCUT2D eigenvalue weighted by atomic mass is 15.2. The van der Waals surface area contributed by atoms with Crippen LogP contribution in [0.25, 0.3) is 0 Å². The van der Waals surface area contributed by atoms with Crippen LogP contribution in [0.2, 0.25) is 0 Å². The molecule has 2 nitrogen and oxygen atoms in total. The second kappa shape index (κ2) is 7.66. The highest BCUT2D eigenvalue weighted by Crippen LogP contribution is 2.21. The zero-order valence-corrected chi connectivity index (χ0v) is 12.5. The molecule has 0 saturated heterocycles. The second-order valence-electron chi connectivity index (χ2n) is 5.73. The standard InChI is InChI=1S/C17H28N2/c1-3-11-18-12-6-7-15(2)19-13-10-16-8-4-5-9-17(16)14-19/h4-5,8-9,15,18H,3,6-7,10-14H2,1-2H3. The van der Waals surface area contributed by atoms with E-state index < -0.39 is 0 Å². The average molecular weight is 260 g/mol. The predicted molar refractivity (Wildman–Crippen MR) is 82.4 cm³/mol. The van der Waals surface area contributed by atoms with Gasteiger partial charge in [-0.15, -0.1) is 0 Å². The molecule has 0 spiro atoms. The number of nitrogens with zero attached hydrogens (tertiary/aromatic N) is 1. The summed E-state index contributed by atoms with van der Waals surface area (Å²) in [6, 6.07) is 9.61. The van der Waals surface area contributed by atoms with Gasteiger partial charge < -0.3 is 5.32 Å². The van der Waals surface area contributed by atoms with E-state index in [0.717, 1.165) is 13.1 Å². The van der Waals surface area contributed by atoms with Crippen molar-refractivity contribution >= 4 is 0 Å². The van der Waals surface area contributed by atoms with Gasteiger partial charge in [-0.1, -0.05) is 31.2 Å². The Morgan fingerprint density at radius 1 is 1.21 bits per heavy atom. The van der Waals surface area contributed by atoms with Crippen molar-refractivity contribution in [2.45, 2.75) is 52.1 Å². The van der Waals surface area contributed by atoms with Crippen LogP contribution < -0.4 is 5.32 Å². The van der Waals surface area contributed by atoms with Crippen LogP contribution in [-0.2, 0) is 13.0 Å². The summed E-state index contributed by atoms with van der Waals surface area (Å²) in [5, 5.41) is 3.49. The van der Waals surface area contributed by atoms with Gasteiger partial charge in [0.1, 0.15) is 0 Å². The third-order valence-electron chi connectivity index (χ3n) is 4.19. The molecule has 1 atom stereocenters. The molecule has 2 rings (SSSR count). The Hall–Kier alpha value is -0.860. The van der Waals surface area contributed by atoms with Crippen LogP contribution in [0.4, 0.5) is 0 Å². The van der Waals surface area contributed by atoms with Crippen molar-refractivity contribution in [2.24, 2.45) is 0 Å². The highest BCUT2D eigenvalue weighted by Gasteiger charge is 2.19. The second-order valence-corrected chi connectivity index (χ2v) is 5.73. The first-order chi connectivity index (χ1) is 9.31. The molecule has 1 heterocycles. The van der Waals surface area contributed by atoms with Crippen LogP contribution in [-0.4, -0.2) is 30.6 Å². The summed E-state index contributed by atoms with van der Waals surface area (Å²) < 4.78 is 0. The maximum atomic E-state index is 3.49. The topological polar surface area (TPSA) is 15.3 Å². The van der Waals surface area contributed by atoms with Crippen molar-refractivity contribution in [1.82, 2.24) is 10.2 Å². The largest absolute Gasteiger partial charge is 0.317 e. The third kappa shape index (κ3) is 4.32. The molecule has 0 saturated carbocycles. The first kappa shape index (κ1) is 14.5. The van der Waals surface area contributed by atoms with Crippen molar-refractivity contribution < 1.29 is 0 Å². The van der Waals surface area contributed by atoms with Crippen LogP contribution in [0.5, 0.6) is 0 Å². The molecule has 0 aliphatic carbocycles. The Morgan fingerprint density at radius 2 is 2.00 bits per heavy atom. The van der Waals surface area contributed by atoms with E-state index in [2.05, 4.69) is 48.3 Å². The van der Waals surface area contributed by atoms with Gasteiger partial charge in [-0.25, -0.2) is 0 Å². The van der Waals surface area contributed by atoms with E-state index in [0.29, 0.717) is 6.04 Å². The van der Waals surface area contributed by atoms with Gasteiger partial charge in [0.25, 0.3) is 0 Å². The molecule has 0 fully saturated rings. The number of nitrogens with one attached hydrogen (secondary N) is 1.